The predicted molar refractivity (Wildman–Crippen MR) is 102 cm³/mol. The lowest BCUT2D eigenvalue weighted by Crippen LogP contribution is -2.48. The van der Waals surface area contributed by atoms with E-state index in [1.165, 1.54) is 0 Å². The van der Waals surface area contributed by atoms with Gasteiger partial charge < -0.3 is 20.1 Å². The Labute approximate surface area is 158 Å². The molecule has 0 aliphatic carbocycles. The van der Waals surface area contributed by atoms with E-state index in [1.807, 2.05) is 60.7 Å². The normalized spacial score (nSPS) is 17.8. The first-order valence-corrected chi connectivity index (χ1v) is 9.14. The third-order valence-corrected chi connectivity index (χ3v) is 4.72. The molecule has 2 aromatic rings. The van der Waals surface area contributed by atoms with Crippen molar-refractivity contribution < 1.29 is 19.4 Å². The topological polar surface area (TPSA) is 78.9 Å². The number of nitrogens with zero attached hydrogens (tertiary/aromatic N) is 1. The number of rotatable bonds is 6. The molecule has 3 rings (SSSR count). The van der Waals surface area contributed by atoms with E-state index in [9.17, 15) is 14.7 Å². The van der Waals surface area contributed by atoms with E-state index in [0.717, 1.165) is 11.3 Å². The number of benzene rings is 2. The summed E-state index contributed by atoms with van der Waals surface area (Å²) in [5, 5.41) is 12.2. The van der Waals surface area contributed by atoms with Crippen molar-refractivity contribution in [3.05, 3.63) is 66.2 Å². The van der Waals surface area contributed by atoms with Crippen LogP contribution in [0.2, 0.25) is 0 Å². The van der Waals surface area contributed by atoms with E-state index in [0.29, 0.717) is 19.4 Å². The predicted octanol–water partition coefficient (Wildman–Crippen LogP) is 3.31. The number of hydrogen-bond acceptors (Lipinski definition) is 3. The zero-order chi connectivity index (χ0) is 19.1. The summed E-state index contributed by atoms with van der Waals surface area (Å²) in [4.78, 5) is 25.6. The molecular formula is C21H24N2O4. The molecular weight excluding hydrogens is 344 g/mol. The number of likely N-dealkylation sites (tertiary alicyclic amines) is 1. The molecule has 2 atom stereocenters. The number of carboxylic acids is 1. The highest BCUT2D eigenvalue weighted by Crippen LogP contribution is 2.20. The minimum absolute atomic E-state index is 0.238. The number of para-hydroxylation sites is 1. The molecule has 1 saturated heterocycles. The molecule has 1 fully saturated rings. The number of nitrogens with one attached hydrogen (secondary N) is 1. The van der Waals surface area contributed by atoms with Crippen molar-refractivity contribution in [2.24, 2.45) is 5.92 Å². The van der Waals surface area contributed by atoms with Gasteiger partial charge in [0.25, 0.3) is 0 Å². The maximum atomic E-state index is 12.7. The molecule has 1 aliphatic rings. The van der Waals surface area contributed by atoms with Gasteiger partial charge in [-0.2, -0.15) is 0 Å². The van der Waals surface area contributed by atoms with Gasteiger partial charge in [0.15, 0.2) is 0 Å². The lowest BCUT2D eigenvalue weighted by Gasteiger charge is -2.32. The van der Waals surface area contributed by atoms with Crippen LogP contribution in [-0.4, -0.2) is 41.7 Å². The molecule has 27 heavy (non-hydrogen) atoms. The second-order valence-electron chi connectivity index (χ2n) is 6.66. The van der Waals surface area contributed by atoms with E-state index in [-0.39, 0.29) is 25.2 Å². The number of carbonyl (C=O) groups is 2. The Morgan fingerprint density at radius 3 is 2.44 bits per heavy atom. The van der Waals surface area contributed by atoms with Gasteiger partial charge in [-0.05, 0) is 30.5 Å². The monoisotopic (exact) mass is 368 g/mol. The number of amides is 2. The van der Waals surface area contributed by atoms with E-state index in [1.54, 1.807) is 4.90 Å². The second-order valence-corrected chi connectivity index (χ2v) is 6.66. The highest BCUT2D eigenvalue weighted by Gasteiger charge is 2.29. The van der Waals surface area contributed by atoms with Crippen molar-refractivity contribution >= 4 is 12.0 Å². The summed E-state index contributed by atoms with van der Waals surface area (Å²) < 4.78 is 5.84. The largest absolute Gasteiger partial charge is 0.491 e. The van der Waals surface area contributed by atoms with Gasteiger partial charge in [-0.15, -0.1) is 0 Å². The van der Waals surface area contributed by atoms with Gasteiger partial charge in [0, 0.05) is 13.1 Å². The number of piperidine rings is 1. The van der Waals surface area contributed by atoms with E-state index >= 15 is 0 Å². The third-order valence-electron chi connectivity index (χ3n) is 4.72. The molecule has 2 aromatic carbocycles. The fourth-order valence-electron chi connectivity index (χ4n) is 3.21. The summed E-state index contributed by atoms with van der Waals surface area (Å²) in [6.45, 7) is 1.09. The molecule has 2 unspecified atom stereocenters. The summed E-state index contributed by atoms with van der Waals surface area (Å²) in [7, 11) is 0. The Kier molecular flexibility index (Phi) is 6.30. The van der Waals surface area contributed by atoms with Gasteiger partial charge in [-0.3, -0.25) is 4.79 Å². The number of ether oxygens (including phenoxy) is 1. The number of carbonyl (C=O) groups excluding carboxylic acids is 1. The highest BCUT2D eigenvalue weighted by atomic mass is 16.5. The Hall–Kier alpha value is -3.02. The van der Waals surface area contributed by atoms with Gasteiger partial charge >= 0.3 is 12.0 Å². The molecule has 142 valence electrons. The Morgan fingerprint density at radius 2 is 1.78 bits per heavy atom. The van der Waals surface area contributed by atoms with Gasteiger partial charge in [-0.25, -0.2) is 4.79 Å². The van der Waals surface area contributed by atoms with Crippen LogP contribution < -0.4 is 10.1 Å². The number of urea groups is 1. The number of carboxylic acid groups (broad SMARTS) is 1. The molecule has 0 saturated carbocycles. The summed E-state index contributed by atoms with van der Waals surface area (Å²) in [6, 6.07) is 18.5. The fraction of sp³-hybridized carbons (Fsp3) is 0.333. The van der Waals surface area contributed by atoms with Crippen molar-refractivity contribution in [3.8, 4) is 5.75 Å². The standard InChI is InChI=1S/C21H24N2O4/c24-20(25)17-10-7-13-23(14-17)21(26)22-19(16-8-3-1-4-9-16)15-27-18-11-5-2-6-12-18/h1-6,8-9,11-12,17,19H,7,10,13-15H2,(H,22,26)(H,24,25). The van der Waals surface area contributed by atoms with Crippen molar-refractivity contribution in [1.82, 2.24) is 10.2 Å². The van der Waals surface area contributed by atoms with E-state index < -0.39 is 11.9 Å². The van der Waals surface area contributed by atoms with Crippen LogP contribution in [0.1, 0.15) is 24.4 Å². The smallest absolute Gasteiger partial charge is 0.318 e. The summed E-state index contributed by atoms with van der Waals surface area (Å²) in [5.74, 6) is -0.614. The molecule has 6 heteroatoms. The van der Waals surface area contributed by atoms with Gasteiger partial charge in [-0.1, -0.05) is 48.5 Å². The molecule has 6 nitrogen and oxygen atoms in total. The number of hydrogen-bond donors (Lipinski definition) is 2. The fourth-order valence-corrected chi connectivity index (χ4v) is 3.21. The molecule has 0 radical (unpaired) electrons. The molecule has 1 aliphatic heterocycles. The first-order valence-electron chi connectivity index (χ1n) is 9.14. The first-order chi connectivity index (χ1) is 13.1. The highest BCUT2D eigenvalue weighted by molar-refractivity contribution is 5.77. The molecule has 0 spiro atoms. The van der Waals surface area contributed by atoms with Gasteiger partial charge in [0.05, 0.1) is 12.0 Å². The van der Waals surface area contributed by atoms with Crippen molar-refractivity contribution in [2.75, 3.05) is 19.7 Å². The first kappa shape index (κ1) is 18.8. The van der Waals surface area contributed by atoms with Crippen LogP contribution in [0.5, 0.6) is 5.75 Å². The van der Waals surface area contributed by atoms with Crippen LogP contribution in [-0.2, 0) is 4.79 Å². The minimum Gasteiger partial charge on any atom is -0.491 e. The lowest BCUT2D eigenvalue weighted by molar-refractivity contribution is -0.143. The zero-order valence-electron chi connectivity index (χ0n) is 15.1. The lowest BCUT2D eigenvalue weighted by atomic mass is 9.98. The number of aliphatic carboxylic acids is 1. The van der Waals surface area contributed by atoms with Crippen LogP contribution >= 0.6 is 0 Å². The molecule has 2 N–H and O–H groups in total. The van der Waals surface area contributed by atoms with Crippen molar-refractivity contribution in [2.45, 2.75) is 18.9 Å². The Bertz CT molecular complexity index is 751. The maximum Gasteiger partial charge on any atom is 0.318 e. The molecule has 1 heterocycles. The zero-order valence-corrected chi connectivity index (χ0v) is 15.1. The van der Waals surface area contributed by atoms with Crippen LogP contribution in [0.15, 0.2) is 60.7 Å². The van der Waals surface area contributed by atoms with Crippen molar-refractivity contribution in [3.63, 3.8) is 0 Å². The summed E-state index contributed by atoms with van der Waals surface area (Å²) in [5.41, 5.74) is 0.938. The van der Waals surface area contributed by atoms with Crippen LogP contribution in [0.3, 0.4) is 0 Å². The van der Waals surface area contributed by atoms with Crippen molar-refractivity contribution in [1.29, 1.82) is 0 Å². The van der Waals surface area contributed by atoms with Gasteiger partial charge in [0.1, 0.15) is 12.4 Å². The Balaban J connectivity index is 1.67. The quantitative estimate of drug-likeness (QED) is 0.820. The van der Waals surface area contributed by atoms with Crippen LogP contribution in [0.25, 0.3) is 0 Å². The van der Waals surface area contributed by atoms with Crippen LogP contribution in [0.4, 0.5) is 4.79 Å². The average Bonchev–Trinajstić information content (AvgIpc) is 2.72. The van der Waals surface area contributed by atoms with E-state index in [4.69, 9.17) is 4.74 Å². The minimum atomic E-state index is -0.848. The van der Waals surface area contributed by atoms with Crippen LogP contribution in [0, 0.1) is 5.92 Å². The Morgan fingerprint density at radius 1 is 1.11 bits per heavy atom. The molecule has 2 amide bonds. The van der Waals surface area contributed by atoms with E-state index in [2.05, 4.69) is 5.32 Å². The summed E-state index contributed by atoms with van der Waals surface area (Å²) in [6.07, 6.45) is 1.30. The molecule has 0 aromatic heterocycles. The molecule has 0 bridgehead atoms. The average molecular weight is 368 g/mol. The van der Waals surface area contributed by atoms with Gasteiger partial charge in [0.2, 0.25) is 0 Å². The maximum absolute atomic E-state index is 12.7. The SMILES string of the molecule is O=C(O)C1CCCN(C(=O)NC(COc2ccccc2)c2ccccc2)C1. The third kappa shape index (κ3) is 5.23. The summed E-state index contributed by atoms with van der Waals surface area (Å²) >= 11 is 0. The second kappa shape index (κ2) is 9.07.